The molecule has 0 aromatic carbocycles. The van der Waals surface area contributed by atoms with Gasteiger partial charge in [-0.25, -0.2) is 0 Å². The normalized spacial score (nSPS) is 14.5. The Balaban J connectivity index is 4.39. The van der Waals surface area contributed by atoms with Crippen molar-refractivity contribution in [2.75, 3.05) is 0 Å². The summed E-state index contributed by atoms with van der Waals surface area (Å²) in [5.74, 6) is 0. The first kappa shape index (κ1) is 9.88. The van der Waals surface area contributed by atoms with Crippen LogP contribution in [0.3, 0.4) is 0 Å². The second-order valence-corrected chi connectivity index (χ2v) is 2.10. The van der Waals surface area contributed by atoms with Crippen molar-refractivity contribution in [3.05, 3.63) is 12.3 Å². The van der Waals surface area contributed by atoms with Crippen LogP contribution in [-0.4, -0.2) is 16.6 Å². The molecule has 62 valence electrons. The van der Waals surface area contributed by atoms with E-state index >= 15 is 0 Å². The van der Waals surface area contributed by atoms with Crippen LogP contribution in [0.25, 0.3) is 0 Å². The SMILES string of the molecule is C/C=C/N=C(CC)\C(C)=N\O. The van der Waals surface area contributed by atoms with Crippen molar-refractivity contribution in [2.45, 2.75) is 27.2 Å². The Kier molecular flexibility index (Phi) is 5.07. The predicted octanol–water partition coefficient (Wildman–Crippen LogP) is 2.22. The lowest BCUT2D eigenvalue weighted by Crippen LogP contribution is -2.08. The minimum atomic E-state index is 0.575. The van der Waals surface area contributed by atoms with Gasteiger partial charge in [-0.15, -0.1) is 0 Å². The summed E-state index contributed by atoms with van der Waals surface area (Å²) in [5.41, 5.74) is 1.39. The molecule has 0 spiro atoms. The van der Waals surface area contributed by atoms with Gasteiger partial charge in [0, 0.05) is 6.20 Å². The molecule has 0 atom stereocenters. The van der Waals surface area contributed by atoms with Crippen molar-refractivity contribution in [3.63, 3.8) is 0 Å². The largest absolute Gasteiger partial charge is 0.411 e. The maximum atomic E-state index is 8.42. The van der Waals surface area contributed by atoms with Crippen molar-refractivity contribution >= 4 is 11.4 Å². The van der Waals surface area contributed by atoms with Crippen LogP contribution >= 0.6 is 0 Å². The van der Waals surface area contributed by atoms with E-state index in [2.05, 4.69) is 10.1 Å². The third kappa shape index (κ3) is 3.55. The van der Waals surface area contributed by atoms with Gasteiger partial charge >= 0.3 is 0 Å². The van der Waals surface area contributed by atoms with E-state index in [1.807, 2.05) is 19.9 Å². The van der Waals surface area contributed by atoms with Gasteiger partial charge in [-0.1, -0.05) is 18.2 Å². The number of aliphatic imine (C=N–C) groups is 1. The fourth-order valence-electron chi connectivity index (χ4n) is 0.663. The van der Waals surface area contributed by atoms with Gasteiger partial charge in [-0.05, 0) is 20.3 Å². The van der Waals surface area contributed by atoms with Crippen molar-refractivity contribution < 1.29 is 5.21 Å². The van der Waals surface area contributed by atoms with E-state index in [0.29, 0.717) is 5.71 Å². The molecule has 3 heteroatoms. The molecule has 0 fully saturated rings. The highest BCUT2D eigenvalue weighted by Crippen LogP contribution is 1.91. The Labute approximate surface area is 67.1 Å². The van der Waals surface area contributed by atoms with Crippen LogP contribution in [0.2, 0.25) is 0 Å². The van der Waals surface area contributed by atoms with E-state index < -0.39 is 0 Å². The van der Waals surface area contributed by atoms with Crippen LogP contribution in [0.4, 0.5) is 0 Å². The minimum Gasteiger partial charge on any atom is -0.411 e. The van der Waals surface area contributed by atoms with Gasteiger partial charge < -0.3 is 5.21 Å². The Morgan fingerprint density at radius 1 is 1.55 bits per heavy atom. The molecule has 0 saturated heterocycles. The van der Waals surface area contributed by atoms with E-state index in [9.17, 15) is 0 Å². The molecule has 11 heavy (non-hydrogen) atoms. The molecule has 0 aromatic rings. The summed E-state index contributed by atoms with van der Waals surface area (Å²) in [6, 6.07) is 0. The van der Waals surface area contributed by atoms with E-state index in [1.165, 1.54) is 0 Å². The molecule has 3 nitrogen and oxygen atoms in total. The maximum Gasteiger partial charge on any atom is 0.0978 e. The molecule has 0 aromatic heterocycles. The van der Waals surface area contributed by atoms with Crippen molar-refractivity contribution in [1.29, 1.82) is 0 Å². The maximum absolute atomic E-state index is 8.42. The van der Waals surface area contributed by atoms with Crippen LogP contribution in [-0.2, 0) is 0 Å². The van der Waals surface area contributed by atoms with E-state index in [-0.39, 0.29) is 0 Å². The second-order valence-electron chi connectivity index (χ2n) is 2.10. The monoisotopic (exact) mass is 154 g/mol. The molecule has 0 aliphatic heterocycles. The van der Waals surface area contributed by atoms with Crippen LogP contribution in [0.1, 0.15) is 27.2 Å². The third-order valence-corrected chi connectivity index (χ3v) is 1.28. The summed E-state index contributed by atoms with van der Waals surface area (Å²) in [5, 5.41) is 11.5. The van der Waals surface area contributed by atoms with Gasteiger partial charge in [0.1, 0.15) is 0 Å². The number of rotatable bonds is 3. The molecular formula is C8H14N2O. The Morgan fingerprint density at radius 2 is 2.18 bits per heavy atom. The molecule has 0 unspecified atom stereocenters. The molecule has 0 bridgehead atoms. The lowest BCUT2D eigenvalue weighted by atomic mass is 10.2. The summed E-state index contributed by atoms with van der Waals surface area (Å²) in [6.45, 7) is 5.59. The minimum absolute atomic E-state index is 0.575. The van der Waals surface area contributed by atoms with Gasteiger partial charge in [0.25, 0.3) is 0 Å². The molecule has 0 radical (unpaired) electrons. The Morgan fingerprint density at radius 3 is 2.55 bits per heavy atom. The average Bonchev–Trinajstić information content (AvgIpc) is 2.05. The highest BCUT2D eigenvalue weighted by Gasteiger charge is 1.98. The highest BCUT2D eigenvalue weighted by molar-refractivity contribution is 6.41. The smallest absolute Gasteiger partial charge is 0.0978 e. The summed E-state index contributed by atoms with van der Waals surface area (Å²) in [4.78, 5) is 4.08. The number of hydrogen-bond acceptors (Lipinski definition) is 3. The summed E-state index contributed by atoms with van der Waals surface area (Å²) in [7, 11) is 0. The van der Waals surface area contributed by atoms with Crippen LogP contribution < -0.4 is 0 Å². The number of oxime groups is 1. The van der Waals surface area contributed by atoms with Crippen LogP contribution in [0.5, 0.6) is 0 Å². The first-order valence-electron chi connectivity index (χ1n) is 3.63. The first-order chi connectivity index (χ1) is 5.26. The van der Waals surface area contributed by atoms with Gasteiger partial charge in [0.2, 0.25) is 0 Å². The van der Waals surface area contributed by atoms with Crippen molar-refractivity contribution in [2.24, 2.45) is 10.1 Å². The lowest BCUT2D eigenvalue weighted by Gasteiger charge is -1.97. The molecular weight excluding hydrogens is 140 g/mol. The summed E-state index contributed by atoms with van der Waals surface area (Å²) >= 11 is 0. The molecule has 0 heterocycles. The quantitative estimate of drug-likeness (QED) is 0.378. The number of allylic oxidation sites excluding steroid dienone is 1. The Bertz CT molecular complexity index is 192. The van der Waals surface area contributed by atoms with Crippen molar-refractivity contribution in [1.82, 2.24) is 0 Å². The molecule has 0 aliphatic carbocycles. The van der Waals surface area contributed by atoms with Gasteiger partial charge in [-0.3, -0.25) is 4.99 Å². The molecule has 0 aliphatic rings. The molecule has 0 rings (SSSR count). The predicted molar refractivity (Wildman–Crippen MR) is 47.4 cm³/mol. The zero-order valence-corrected chi connectivity index (χ0v) is 7.20. The lowest BCUT2D eigenvalue weighted by molar-refractivity contribution is 0.320. The molecule has 0 saturated carbocycles. The second kappa shape index (κ2) is 5.65. The van der Waals surface area contributed by atoms with Gasteiger partial charge in [0.05, 0.1) is 11.4 Å². The summed E-state index contributed by atoms with van der Waals surface area (Å²) in [6.07, 6.45) is 4.30. The highest BCUT2D eigenvalue weighted by atomic mass is 16.4. The number of nitrogens with zero attached hydrogens (tertiary/aromatic N) is 2. The first-order valence-corrected chi connectivity index (χ1v) is 3.63. The van der Waals surface area contributed by atoms with E-state index in [1.54, 1.807) is 13.1 Å². The topological polar surface area (TPSA) is 45.0 Å². The van der Waals surface area contributed by atoms with E-state index in [4.69, 9.17) is 5.21 Å². The zero-order chi connectivity index (χ0) is 8.69. The summed E-state index contributed by atoms with van der Waals surface area (Å²) < 4.78 is 0. The fourth-order valence-corrected chi connectivity index (χ4v) is 0.663. The van der Waals surface area contributed by atoms with Gasteiger partial charge in [-0.2, -0.15) is 0 Å². The Hall–Kier alpha value is -1.12. The van der Waals surface area contributed by atoms with E-state index in [0.717, 1.165) is 12.1 Å². The van der Waals surface area contributed by atoms with Crippen molar-refractivity contribution in [3.8, 4) is 0 Å². The zero-order valence-electron chi connectivity index (χ0n) is 7.20. The average molecular weight is 154 g/mol. The van der Waals surface area contributed by atoms with Gasteiger partial charge in [0.15, 0.2) is 0 Å². The van der Waals surface area contributed by atoms with Crippen LogP contribution in [0, 0.1) is 0 Å². The standard InChI is InChI=1S/C8H14N2O/c1-4-6-9-8(5-2)7(3)10-11/h4,6,11H,5H2,1-3H3/b6-4+,9-8-,10-7+. The fraction of sp³-hybridized carbons (Fsp3) is 0.500. The molecule has 1 N–H and O–H groups in total. The number of hydrogen-bond donors (Lipinski definition) is 1. The third-order valence-electron chi connectivity index (χ3n) is 1.28. The van der Waals surface area contributed by atoms with Crippen LogP contribution in [0.15, 0.2) is 22.4 Å². The molecule has 0 amide bonds.